The quantitative estimate of drug-likeness (QED) is 0.898. The molecule has 0 aromatic heterocycles. The van der Waals surface area contributed by atoms with Gasteiger partial charge in [0.05, 0.1) is 5.69 Å². The third-order valence-electron chi connectivity index (χ3n) is 3.01. The van der Waals surface area contributed by atoms with Gasteiger partial charge >= 0.3 is 0 Å². The van der Waals surface area contributed by atoms with Gasteiger partial charge in [0.25, 0.3) is 0 Å². The van der Waals surface area contributed by atoms with Gasteiger partial charge in [-0.05, 0) is 42.3 Å². The van der Waals surface area contributed by atoms with Crippen LogP contribution in [-0.2, 0) is 11.3 Å². The minimum atomic E-state index is -0.503. The standard InChI is InChI=1S/C16H16F2N2O/c1-10-3-4-12(7-15(10)18)9-19-13-5-6-14(17)16(8-13)20-11(2)21/h3-8,19H,9H2,1-2H3,(H,20,21). The summed E-state index contributed by atoms with van der Waals surface area (Å²) in [5, 5.41) is 5.48. The van der Waals surface area contributed by atoms with Crippen molar-refractivity contribution in [3.8, 4) is 0 Å². The topological polar surface area (TPSA) is 41.1 Å². The molecule has 2 rings (SSSR count). The Hall–Kier alpha value is -2.43. The molecule has 0 atom stereocenters. The van der Waals surface area contributed by atoms with Crippen LogP contribution < -0.4 is 10.6 Å². The van der Waals surface area contributed by atoms with Crippen molar-refractivity contribution in [1.29, 1.82) is 0 Å². The van der Waals surface area contributed by atoms with Crippen molar-refractivity contribution in [2.24, 2.45) is 0 Å². The van der Waals surface area contributed by atoms with Crippen molar-refractivity contribution in [3.63, 3.8) is 0 Å². The minimum absolute atomic E-state index is 0.114. The number of hydrogen-bond acceptors (Lipinski definition) is 2. The molecule has 0 aliphatic carbocycles. The summed E-state index contributed by atoms with van der Waals surface area (Å²) in [7, 11) is 0. The van der Waals surface area contributed by atoms with Crippen LogP contribution in [0.2, 0.25) is 0 Å². The van der Waals surface area contributed by atoms with Crippen molar-refractivity contribution in [3.05, 3.63) is 59.2 Å². The first-order valence-corrected chi connectivity index (χ1v) is 6.52. The average molecular weight is 290 g/mol. The predicted octanol–water partition coefficient (Wildman–Crippen LogP) is 3.84. The zero-order valence-corrected chi connectivity index (χ0v) is 11.8. The summed E-state index contributed by atoms with van der Waals surface area (Å²) in [5.41, 5.74) is 2.13. The normalized spacial score (nSPS) is 10.3. The van der Waals surface area contributed by atoms with Gasteiger partial charge in [0.15, 0.2) is 0 Å². The molecule has 0 fully saturated rings. The van der Waals surface area contributed by atoms with E-state index in [1.807, 2.05) is 6.07 Å². The van der Waals surface area contributed by atoms with E-state index < -0.39 is 5.82 Å². The summed E-state index contributed by atoms with van der Waals surface area (Å²) in [6, 6.07) is 9.32. The monoisotopic (exact) mass is 290 g/mol. The molecule has 0 aliphatic rings. The van der Waals surface area contributed by atoms with Gasteiger partial charge in [0, 0.05) is 19.2 Å². The molecule has 0 spiro atoms. The van der Waals surface area contributed by atoms with Crippen LogP contribution in [0.4, 0.5) is 20.2 Å². The smallest absolute Gasteiger partial charge is 0.221 e. The SMILES string of the molecule is CC(=O)Nc1cc(NCc2ccc(C)c(F)c2)ccc1F. The maximum Gasteiger partial charge on any atom is 0.221 e. The highest BCUT2D eigenvalue weighted by Crippen LogP contribution is 2.20. The molecule has 0 saturated heterocycles. The Morgan fingerprint density at radius 3 is 2.52 bits per heavy atom. The summed E-state index contributed by atoms with van der Waals surface area (Å²) < 4.78 is 26.9. The fourth-order valence-electron chi connectivity index (χ4n) is 1.87. The summed E-state index contributed by atoms with van der Waals surface area (Å²) in [5.74, 6) is -1.10. The average Bonchev–Trinajstić information content (AvgIpc) is 2.43. The largest absolute Gasteiger partial charge is 0.381 e. The number of carbonyl (C=O) groups is 1. The summed E-state index contributed by atoms with van der Waals surface area (Å²) in [6.07, 6.45) is 0. The maximum absolute atomic E-state index is 13.5. The van der Waals surface area contributed by atoms with Gasteiger partial charge in [-0.25, -0.2) is 8.78 Å². The van der Waals surface area contributed by atoms with E-state index in [1.165, 1.54) is 25.1 Å². The van der Waals surface area contributed by atoms with Gasteiger partial charge in [-0.1, -0.05) is 12.1 Å². The Morgan fingerprint density at radius 1 is 1.10 bits per heavy atom. The van der Waals surface area contributed by atoms with Crippen molar-refractivity contribution in [2.75, 3.05) is 10.6 Å². The van der Waals surface area contributed by atoms with Gasteiger partial charge in [0.2, 0.25) is 5.91 Å². The number of hydrogen-bond donors (Lipinski definition) is 2. The van der Waals surface area contributed by atoms with Crippen LogP contribution in [0.5, 0.6) is 0 Å². The van der Waals surface area contributed by atoms with E-state index in [4.69, 9.17) is 0 Å². The fourth-order valence-corrected chi connectivity index (χ4v) is 1.87. The molecule has 21 heavy (non-hydrogen) atoms. The van der Waals surface area contributed by atoms with Crippen LogP contribution in [0.15, 0.2) is 36.4 Å². The zero-order chi connectivity index (χ0) is 15.4. The van der Waals surface area contributed by atoms with E-state index in [0.29, 0.717) is 17.8 Å². The second kappa shape index (κ2) is 6.35. The molecule has 0 bridgehead atoms. The summed E-state index contributed by atoms with van der Waals surface area (Å²) >= 11 is 0. The van der Waals surface area contributed by atoms with E-state index in [1.54, 1.807) is 19.1 Å². The number of rotatable bonds is 4. The van der Waals surface area contributed by atoms with E-state index in [0.717, 1.165) is 5.56 Å². The van der Waals surface area contributed by atoms with Crippen LogP contribution in [0, 0.1) is 18.6 Å². The Labute approximate surface area is 122 Å². The maximum atomic E-state index is 13.5. The van der Waals surface area contributed by atoms with E-state index in [-0.39, 0.29) is 17.4 Å². The molecule has 5 heteroatoms. The Morgan fingerprint density at radius 2 is 1.86 bits per heavy atom. The van der Waals surface area contributed by atoms with Crippen molar-refractivity contribution in [1.82, 2.24) is 0 Å². The van der Waals surface area contributed by atoms with Gasteiger partial charge in [0.1, 0.15) is 11.6 Å². The molecule has 1 amide bonds. The first-order chi connectivity index (χ1) is 9.95. The molecule has 0 aliphatic heterocycles. The lowest BCUT2D eigenvalue weighted by Gasteiger charge is -2.10. The van der Waals surface area contributed by atoms with Gasteiger partial charge in [-0.2, -0.15) is 0 Å². The Bertz CT molecular complexity index is 671. The van der Waals surface area contributed by atoms with Crippen molar-refractivity contribution < 1.29 is 13.6 Å². The molecule has 2 aromatic carbocycles. The van der Waals surface area contributed by atoms with E-state index in [2.05, 4.69) is 10.6 Å². The number of anilines is 2. The molecule has 0 radical (unpaired) electrons. The highest BCUT2D eigenvalue weighted by molar-refractivity contribution is 5.89. The summed E-state index contributed by atoms with van der Waals surface area (Å²) in [4.78, 5) is 11.0. The van der Waals surface area contributed by atoms with E-state index >= 15 is 0 Å². The first kappa shape index (κ1) is 15.0. The number of amides is 1. The highest BCUT2D eigenvalue weighted by atomic mass is 19.1. The minimum Gasteiger partial charge on any atom is -0.381 e. The first-order valence-electron chi connectivity index (χ1n) is 6.52. The lowest BCUT2D eigenvalue weighted by molar-refractivity contribution is -0.114. The van der Waals surface area contributed by atoms with Crippen molar-refractivity contribution in [2.45, 2.75) is 20.4 Å². The third kappa shape index (κ3) is 4.02. The van der Waals surface area contributed by atoms with Crippen LogP contribution in [0.3, 0.4) is 0 Å². The Balaban J connectivity index is 2.09. The molecular formula is C16H16F2N2O. The molecule has 2 N–H and O–H groups in total. The van der Waals surface area contributed by atoms with Gasteiger partial charge in [-0.3, -0.25) is 4.79 Å². The van der Waals surface area contributed by atoms with Crippen molar-refractivity contribution >= 4 is 17.3 Å². The lowest BCUT2D eigenvalue weighted by Crippen LogP contribution is -2.08. The number of carbonyl (C=O) groups excluding carboxylic acids is 1. The highest BCUT2D eigenvalue weighted by Gasteiger charge is 2.05. The number of nitrogens with one attached hydrogen (secondary N) is 2. The van der Waals surface area contributed by atoms with Crippen LogP contribution in [0.1, 0.15) is 18.1 Å². The lowest BCUT2D eigenvalue weighted by atomic mass is 10.1. The third-order valence-corrected chi connectivity index (χ3v) is 3.01. The molecule has 110 valence electrons. The zero-order valence-electron chi connectivity index (χ0n) is 11.8. The summed E-state index contributed by atoms with van der Waals surface area (Å²) in [6.45, 7) is 3.42. The molecule has 2 aromatic rings. The van der Waals surface area contributed by atoms with Crippen LogP contribution in [-0.4, -0.2) is 5.91 Å². The predicted molar refractivity (Wildman–Crippen MR) is 79.2 cm³/mol. The number of aryl methyl sites for hydroxylation is 1. The number of halogens is 2. The second-order valence-corrected chi connectivity index (χ2v) is 4.81. The van der Waals surface area contributed by atoms with Crippen LogP contribution in [0.25, 0.3) is 0 Å². The number of benzene rings is 2. The van der Waals surface area contributed by atoms with Gasteiger partial charge < -0.3 is 10.6 Å². The fraction of sp³-hybridized carbons (Fsp3) is 0.188. The van der Waals surface area contributed by atoms with Gasteiger partial charge in [-0.15, -0.1) is 0 Å². The molecule has 3 nitrogen and oxygen atoms in total. The molecule has 0 heterocycles. The van der Waals surface area contributed by atoms with Crippen LogP contribution >= 0.6 is 0 Å². The second-order valence-electron chi connectivity index (χ2n) is 4.81. The molecule has 0 unspecified atom stereocenters. The molecule has 0 saturated carbocycles. The molecular weight excluding hydrogens is 274 g/mol. The van der Waals surface area contributed by atoms with E-state index in [9.17, 15) is 13.6 Å². The Kier molecular flexibility index (Phi) is 4.52.